The third-order valence-corrected chi connectivity index (χ3v) is 4.16. The second kappa shape index (κ2) is 8.94. The van der Waals surface area contributed by atoms with E-state index in [-0.39, 0.29) is 12.3 Å². The van der Waals surface area contributed by atoms with Gasteiger partial charge in [0.05, 0.1) is 6.54 Å². The molecule has 2 rings (SSSR count). The van der Waals surface area contributed by atoms with Crippen molar-refractivity contribution in [1.29, 1.82) is 0 Å². The van der Waals surface area contributed by atoms with Crippen molar-refractivity contribution in [3.8, 4) is 5.75 Å². The molecule has 1 atom stereocenters. The van der Waals surface area contributed by atoms with E-state index in [4.69, 9.17) is 10.5 Å². The minimum atomic E-state index is -4.35. The Hall–Kier alpha value is -1.96. The number of alkyl halides is 3. The van der Waals surface area contributed by atoms with E-state index < -0.39 is 12.8 Å². The summed E-state index contributed by atoms with van der Waals surface area (Å²) in [6.07, 6.45) is -2.01. The monoisotopic (exact) mass is 358 g/mol. The Kier molecular flexibility index (Phi) is 6.92. The quantitative estimate of drug-likeness (QED) is 0.581. The van der Waals surface area contributed by atoms with Crippen molar-refractivity contribution >= 4 is 5.96 Å². The van der Waals surface area contributed by atoms with Gasteiger partial charge in [-0.15, -0.1) is 0 Å². The Morgan fingerprint density at radius 1 is 1.44 bits per heavy atom. The number of ether oxygens (including phenoxy) is 1. The van der Waals surface area contributed by atoms with Crippen LogP contribution in [0.25, 0.3) is 0 Å². The largest absolute Gasteiger partial charge is 0.484 e. The van der Waals surface area contributed by atoms with Gasteiger partial charge in [0, 0.05) is 12.6 Å². The average molecular weight is 358 g/mol. The summed E-state index contributed by atoms with van der Waals surface area (Å²) in [6, 6.07) is 6.90. The first-order chi connectivity index (χ1) is 11.9. The Morgan fingerprint density at radius 3 is 2.96 bits per heavy atom. The van der Waals surface area contributed by atoms with E-state index in [0.29, 0.717) is 12.0 Å². The number of hydrogen-bond acceptors (Lipinski definition) is 3. The van der Waals surface area contributed by atoms with Gasteiger partial charge in [0.1, 0.15) is 5.75 Å². The van der Waals surface area contributed by atoms with E-state index >= 15 is 0 Å². The van der Waals surface area contributed by atoms with Crippen molar-refractivity contribution in [2.24, 2.45) is 10.7 Å². The number of likely N-dealkylation sites (tertiary alicyclic amines) is 1. The third kappa shape index (κ3) is 6.81. The zero-order valence-corrected chi connectivity index (χ0v) is 14.4. The van der Waals surface area contributed by atoms with E-state index in [1.54, 1.807) is 12.1 Å². The number of guanidine groups is 1. The van der Waals surface area contributed by atoms with E-state index in [2.05, 4.69) is 22.1 Å². The van der Waals surface area contributed by atoms with Gasteiger partial charge in [0.15, 0.2) is 12.6 Å². The molecule has 8 heteroatoms. The fraction of sp³-hybridized carbons (Fsp3) is 0.588. The smallest absolute Gasteiger partial charge is 0.422 e. The first kappa shape index (κ1) is 19.4. The number of aliphatic imine (C=N–C) groups is 1. The van der Waals surface area contributed by atoms with E-state index in [0.717, 1.165) is 31.6 Å². The maximum atomic E-state index is 12.2. The normalized spacial score (nSPS) is 19.2. The van der Waals surface area contributed by atoms with Gasteiger partial charge < -0.3 is 15.8 Å². The van der Waals surface area contributed by atoms with Gasteiger partial charge in [0.2, 0.25) is 0 Å². The summed E-state index contributed by atoms with van der Waals surface area (Å²) in [5.41, 5.74) is 6.62. The molecule has 3 N–H and O–H groups in total. The van der Waals surface area contributed by atoms with Crippen LogP contribution in [0, 0.1) is 0 Å². The number of nitrogens with two attached hydrogens (primary N) is 1. The van der Waals surface area contributed by atoms with Crippen LogP contribution in [0.3, 0.4) is 0 Å². The zero-order chi connectivity index (χ0) is 18.3. The molecule has 1 aromatic carbocycles. The Bertz CT molecular complexity index is 577. The zero-order valence-electron chi connectivity index (χ0n) is 14.4. The van der Waals surface area contributed by atoms with Crippen molar-refractivity contribution in [2.45, 2.75) is 38.5 Å². The molecule has 1 aromatic rings. The fourth-order valence-electron chi connectivity index (χ4n) is 2.90. The van der Waals surface area contributed by atoms with Crippen LogP contribution in [-0.2, 0) is 6.54 Å². The lowest BCUT2D eigenvalue weighted by Crippen LogP contribution is -2.42. The number of rotatable bonds is 7. The second-order valence-corrected chi connectivity index (χ2v) is 6.06. The standard InChI is InChI=1S/C17H25F3N4O/c1-2-24-8-4-6-14(24)11-23-16(21)22-10-13-5-3-7-15(9-13)25-12-17(18,19)20/h3,5,7,9,14H,2,4,6,8,10-12H2,1H3,(H3,21,22,23). The van der Waals surface area contributed by atoms with Gasteiger partial charge in [-0.25, -0.2) is 4.99 Å². The molecule has 1 unspecified atom stereocenters. The first-order valence-corrected chi connectivity index (χ1v) is 8.43. The number of nitrogens with one attached hydrogen (secondary N) is 1. The molecule has 1 aliphatic rings. The molecule has 140 valence electrons. The van der Waals surface area contributed by atoms with Crippen molar-refractivity contribution < 1.29 is 17.9 Å². The van der Waals surface area contributed by atoms with Gasteiger partial charge in [-0.05, 0) is 43.6 Å². The SMILES string of the molecule is CCN1CCCC1CNC(N)=NCc1cccc(OCC(F)(F)F)c1. The van der Waals surface area contributed by atoms with Gasteiger partial charge >= 0.3 is 6.18 Å². The summed E-state index contributed by atoms with van der Waals surface area (Å²) in [5.74, 6) is 0.505. The highest BCUT2D eigenvalue weighted by Crippen LogP contribution is 2.19. The maximum Gasteiger partial charge on any atom is 0.422 e. The van der Waals surface area contributed by atoms with Crippen LogP contribution in [0.15, 0.2) is 29.3 Å². The van der Waals surface area contributed by atoms with Crippen LogP contribution in [0.1, 0.15) is 25.3 Å². The highest BCUT2D eigenvalue weighted by molar-refractivity contribution is 5.77. The number of halogens is 3. The summed E-state index contributed by atoms with van der Waals surface area (Å²) < 4.78 is 41.3. The molecule has 0 spiro atoms. The van der Waals surface area contributed by atoms with Crippen molar-refractivity contribution in [2.75, 3.05) is 26.2 Å². The van der Waals surface area contributed by atoms with Gasteiger partial charge in [-0.1, -0.05) is 19.1 Å². The third-order valence-electron chi connectivity index (χ3n) is 4.16. The lowest BCUT2D eigenvalue weighted by atomic mass is 10.2. The van der Waals surface area contributed by atoms with Crippen LogP contribution >= 0.6 is 0 Å². The van der Waals surface area contributed by atoms with E-state index in [1.165, 1.54) is 18.6 Å². The van der Waals surface area contributed by atoms with Gasteiger partial charge in [0.25, 0.3) is 0 Å². The summed E-state index contributed by atoms with van der Waals surface area (Å²) in [4.78, 5) is 6.65. The van der Waals surface area contributed by atoms with Gasteiger partial charge in [-0.2, -0.15) is 13.2 Å². The summed E-state index contributed by atoms with van der Waals surface area (Å²) in [7, 11) is 0. The predicted molar refractivity (Wildman–Crippen MR) is 91.6 cm³/mol. The molecule has 0 aromatic heterocycles. The lowest BCUT2D eigenvalue weighted by Gasteiger charge is -2.23. The molecule has 0 amide bonds. The predicted octanol–water partition coefficient (Wildman–Crippen LogP) is 2.52. The molecule has 1 saturated heterocycles. The van der Waals surface area contributed by atoms with E-state index in [1.807, 2.05) is 0 Å². The Balaban J connectivity index is 1.81. The summed E-state index contributed by atoms with van der Waals surface area (Å²) >= 11 is 0. The van der Waals surface area contributed by atoms with E-state index in [9.17, 15) is 13.2 Å². The number of hydrogen-bond donors (Lipinski definition) is 2. The highest BCUT2D eigenvalue weighted by Gasteiger charge is 2.28. The minimum absolute atomic E-state index is 0.168. The topological polar surface area (TPSA) is 62.9 Å². The van der Waals surface area contributed by atoms with Crippen molar-refractivity contribution in [1.82, 2.24) is 10.2 Å². The minimum Gasteiger partial charge on any atom is -0.484 e. The Morgan fingerprint density at radius 2 is 2.24 bits per heavy atom. The molecule has 0 saturated carbocycles. The molecule has 1 aliphatic heterocycles. The molecular weight excluding hydrogens is 333 g/mol. The Labute approximate surface area is 146 Å². The number of nitrogens with zero attached hydrogens (tertiary/aromatic N) is 2. The van der Waals surface area contributed by atoms with Crippen LogP contribution in [0.4, 0.5) is 13.2 Å². The summed E-state index contributed by atoms with van der Waals surface area (Å²) in [6.45, 7) is 4.00. The van der Waals surface area contributed by atoms with Crippen LogP contribution in [0.5, 0.6) is 5.75 Å². The average Bonchev–Trinajstić information content (AvgIpc) is 3.03. The summed E-state index contributed by atoms with van der Waals surface area (Å²) in [5, 5.41) is 3.12. The van der Waals surface area contributed by atoms with Crippen LogP contribution < -0.4 is 15.8 Å². The molecule has 25 heavy (non-hydrogen) atoms. The molecular formula is C17H25F3N4O. The van der Waals surface area contributed by atoms with Gasteiger partial charge in [-0.3, -0.25) is 4.90 Å². The molecule has 5 nitrogen and oxygen atoms in total. The first-order valence-electron chi connectivity index (χ1n) is 8.43. The molecule has 0 bridgehead atoms. The molecule has 1 fully saturated rings. The lowest BCUT2D eigenvalue weighted by molar-refractivity contribution is -0.153. The number of likely N-dealkylation sites (N-methyl/N-ethyl adjacent to an activating group) is 1. The number of benzene rings is 1. The van der Waals surface area contributed by atoms with Crippen LogP contribution in [-0.4, -0.2) is 49.3 Å². The van der Waals surface area contributed by atoms with Crippen molar-refractivity contribution in [3.63, 3.8) is 0 Å². The fourth-order valence-corrected chi connectivity index (χ4v) is 2.90. The van der Waals surface area contributed by atoms with Crippen LogP contribution in [0.2, 0.25) is 0 Å². The molecule has 0 aliphatic carbocycles. The maximum absolute atomic E-state index is 12.2. The van der Waals surface area contributed by atoms with Crippen molar-refractivity contribution in [3.05, 3.63) is 29.8 Å². The molecule has 1 heterocycles. The molecule has 0 radical (unpaired) electrons. The highest BCUT2D eigenvalue weighted by atomic mass is 19.4. The second-order valence-electron chi connectivity index (χ2n) is 6.06.